The maximum Gasteiger partial charge on any atom is 0.319 e. The summed E-state index contributed by atoms with van der Waals surface area (Å²) in [5, 5.41) is 40.1. The number of hydrogen-bond acceptors (Lipinski definition) is 12. The summed E-state index contributed by atoms with van der Waals surface area (Å²) >= 11 is 0. The standard InChI is InChI=1S/C68H74N16O6/c1-10-57(85)70-52-21-15-20-46(37-52)64(88)74-51-33-29-49(30-34-51)72-62-54-39-84(68(4,5)60(54)78-80-62)66(90)76-56(41-82(8)9)45-19-14-16-42(36-45)22-35-58(86)69-47-25-23-44(24-26-47)63(87)73-50-31-27-48(28-32-50)71-61-53-38-83(67(2,3)59(53)77-79-61)65(89)75-55(40-81(6)7)43-17-12-11-13-18-43/h10-37,55-56H,1,38-41H2,2-9H3,(H,69,86)(H,70,85)(H,73,87)(H,74,88)(H,75,89)(H,76,90)(H2,71,77,79)(H2,72,78,80)/b35-22+/t55-,56-/m1/s1. The molecular weight excluding hydrogens is 1140 g/mol. The number of benzene rings is 6. The lowest BCUT2D eigenvalue weighted by Gasteiger charge is -2.34. The Hall–Kier alpha value is -10.8. The van der Waals surface area contributed by atoms with E-state index in [0.717, 1.165) is 51.0 Å². The molecular formula is C68H74N16O6. The molecule has 2 aliphatic rings. The molecule has 6 aromatic carbocycles. The highest BCUT2D eigenvalue weighted by molar-refractivity contribution is 6.07. The second kappa shape index (κ2) is 26.6. The predicted octanol–water partition coefficient (Wildman–Crippen LogP) is 11.0. The minimum absolute atomic E-state index is 0.174. The number of likely N-dealkylation sites (N-methyl/N-ethyl adjacent to an activating group) is 2. The number of nitrogens with one attached hydrogen (secondary N) is 10. The Bertz CT molecular complexity index is 3990. The zero-order valence-electron chi connectivity index (χ0n) is 51.5. The Morgan fingerprint density at radius 3 is 1.50 bits per heavy atom. The van der Waals surface area contributed by atoms with Gasteiger partial charge in [0.15, 0.2) is 11.6 Å². The van der Waals surface area contributed by atoms with Crippen LogP contribution < -0.4 is 42.5 Å². The summed E-state index contributed by atoms with van der Waals surface area (Å²) in [7, 11) is 7.84. The lowest BCUT2D eigenvalue weighted by atomic mass is 10.0. The van der Waals surface area contributed by atoms with E-state index in [1.54, 1.807) is 83.8 Å². The highest BCUT2D eigenvalue weighted by Crippen LogP contribution is 2.43. The molecule has 0 unspecified atom stereocenters. The molecule has 0 radical (unpaired) electrons. The summed E-state index contributed by atoms with van der Waals surface area (Å²) in [5.74, 6) is -0.246. The number of urea groups is 2. The molecule has 2 aliphatic heterocycles. The van der Waals surface area contributed by atoms with E-state index in [-0.39, 0.29) is 48.3 Å². The molecule has 2 atom stereocenters. The fourth-order valence-electron chi connectivity index (χ4n) is 11.1. The normalized spacial score (nSPS) is 14.3. The van der Waals surface area contributed by atoms with Gasteiger partial charge in [0.25, 0.3) is 11.8 Å². The van der Waals surface area contributed by atoms with Gasteiger partial charge in [-0.05, 0) is 182 Å². The summed E-state index contributed by atoms with van der Waals surface area (Å²) in [4.78, 5) is 87.3. The molecule has 8 aromatic rings. The Kier molecular flexibility index (Phi) is 18.4. The molecule has 4 heterocycles. The van der Waals surface area contributed by atoms with Gasteiger partial charge in [-0.1, -0.05) is 61.2 Å². The first-order valence-electron chi connectivity index (χ1n) is 29.4. The number of anilines is 8. The van der Waals surface area contributed by atoms with Crippen molar-refractivity contribution in [1.29, 1.82) is 0 Å². The average Bonchev–Trinajstić information content (AvgIpc) is 1.61. The Morgan fingerprint density at radius 1 is 0.522 bits per heavy atom. The third-order valence-corrected chi connectivity index (χ3v) is 15.9. The molecule has 22 heteroatoms. The zero-order chi connectivity index (χ0) is 63.9. The van der Waals surface area contributed by atoms with Gasteiger partial charge >= 0.3 is 12.1 Å². The van der Waals surface area contributed by atoms with Gasteiger partial charge in [0.1, 0.15) is 0 Å². The first-order valence-corrected chi connectivity index (χ1v) is 29.4. The Morgan fingerprint density at radius 2 is 0.978 bits per heavy atom. The fraction of sp³-hybridized carbons (Fsp3) is 0.235. The number of H-pyrrole nitrogens is 2. The summed E-state index contributed by atoms with van der Waals surface area (Å²) in [6, 6.07) is 44.2. The molecule has 10 N–H and O–H groups in total. The van der Waals surface area contributed by atoms with Gasteiger partial charge in [-0.2, -0.15) is 10.2 Å². The van der Waals surface area contributed by atoms with E-state index in [1.165, 1.54) is 6.08 Å². The monoisotopic (exact) mass is 1210 g/mol. The number of carbonyl (C=O) groups excluding carboxylic acids is 6. The van der Waals surface area contributed by atoms with Crippen LogP contribution in [-0.2, 0) is 33.8 Å². The molecule has 0 saturated heterocycles. The molecule has 90 heavy (non-hydrogen) atoms. The van der Waals surface area contributed by atoms with E-state index in [1.807, 2.05) is 145 Å². The van der Waals surface area contributed by atoms with Gasteiger partial charge in [-0.25, -0.2) is 9.59 Å². The lowest BCUT2D eigenvalue weighted by molar-refractivity contribution is -0.112. The van der Waals surface area contributed by atoms with Crippen LogP contribution in [0.3, 0.4) is 0 Å². The van der Waals surface area contributed by atoms with Crippen LogP contribution in [0, 0.1) is 0 Å². The van der Waals surface area contributed by atoms with E-state index in [2.05, 4.69) is 74.4 Å². The van der Waals surface area contributed by atoms with Crippen molar-refractivity contribution in [1.82, 2.24) is 50.6 Å². The third kappa shape index (κ3) is 14.4. The quantitative estimate of drug-likeness (QED) is 0.0301. The minimum atomic E-state index is -0.747. The van der Waals surface area contributed by atoms with E-state index >= 15 is 0 Å². The molecule has 0 bridgehead atoms. The smallest absolute Gasteiger partial charge is 0.319 e. The first-order chi connectivity index (χ1) is 43.1. The summed E-state index contributed by atoms with van der Waals surface area (Å²) in [6.45, 7) is 13.2. The number of aromatic amines is 2. The van der Waals surface area contributed by atoms with E-state index in [0.29, 0.717) is 70.8 Å². The second-order valence-electron chi connectivity index (χ2n) is 23.7. The van der Waals surface area contributed by atoms with Crippen molar-refractivity contribution < 1.29 is 28.8 Å². The molecule has 0 aliphatic carbocycles. The summed E-state index contributed by atoms with van der Waals surface area (Å²) in [6.07, 6.45) is 4.30. The molecule has 462 valence electrons. The summed E-state index contributed by atoms with van der Waals surface area (Å²) < 4.78 is 0. The van der Waals surface area contributed by atoms with Crippen LogP contribution in [0.1, 0.15) is 99.7 Å². The predicted molar refractivity (Wildman–Crippen MR) is 352 cm³/mol. The van der Waals surface area contributed by atoms with Crippen LogP contribution in [0.4, 0.5) is 55.3 Å². The Balaban J connectivity index is 0.698. The second-order valence-corrected chi connectivity index (χ2v) is 23.7. The number of carbonyl (C=O) groups is 6. The minimum Gasteiger partial charge on any atom is -0.338 e. The molecule has 22 nitrogen and oxygen atoms in total. The van der Waals surface area contributed by atoms with Crippen LogP contribution in [-0.4, -0.2) is 117 Å². The van der Waals surface area contributed by atoms with Crippen LogP contribution in [0.2, 0.25) is 0 Å². The largest absolute Gasteiger partial charge is 0.338 e. The van der Waals surface area contributed by atoms with Gasteiger partial charge in [-0.3, -0.25) is 29.4 Å². The van der Waals surface area contributed by atoms with Crippen molar-refractivity contribution in [3.63, 3.8) is 0 Å². The molecule has 10 rings (SSSR count). The maximum atomic E-state index is 14.3. The van der Waals surface area contributed by atoms with Crippen molar-refractivity contribution in [2.45, 2.75) is 63.9 Å². The number of fused-ring (bicyclic) bond motifs is 2. The maximum absolute atomic E-state index is 14.3. The van der Waals surface area contributed by atoms with Gasteiger partial charge < -0.3 is 62.1 Å². The van der Waals surface area contributed by atoms with E-state index < -0.39 is 17.1 Å². The van der Waals surface area contributed by atoms with Gasteiger partial charge in [0.2, 0.25) is 11.8 Å². The number of nitrogens with zero attached hydrogens (tertiary/aromatic N) is 6. The summed E-state index contributed by atoms with van der Waals surface area (Å²) in [5.41, 5.74) is 8.94. The number of rotatable bonds is 21. The van der Waals surface area contributed by atoms with Crippen LogP contribution in [0.25, 0.3) is 6.08 Å². The topological polar surface area (TPSA) is 269 Å². The average molecular weight is 1210 g/mol. The van der Waals surface area contributed by atoms with Crippen LogP contribution in [0.15, 0.2) is 170 Å². The highest BCUT2D eigenvalue weighted by Gasteiger charge is 2.46. The molecule has 0 fully saturated rings. The SMILES string of the molecule is C=CC(=O)Nc1cccc(C(=O)Nc2ccc(Nc3n[nH]c4c3CN(C(=O)N[C@H](CN(C)C)c3cccc(/C=C/C(=O)Nc5ccc(C(=O)Nc6ccc(Nc7n[nH]c8c7CN(C(=O)N[C@H](CN(C)C)c7ccccc7)C8(C)C)cc6)cc5)c3)C4(C)C)cc2)c1. The molecule has 8 amide bonds. The van der Waals surface area contributed by atoms with Gasteiger partial charge in [0, 0.05) is 75.5 Å². The zero-order valence-corrected chi connectivity index (χ0v) is 51.5. The van der Waals surface area contributed by atoms with Crippen molar-refractivity contribution in [2.75, 3.05) is 73.2 Å². The molecule has 2 aromatic heterocycles. The van der Waals surface area contributed by atoms with Crippen LogP contribution >= 0.6 is 0 Å². The number of aromatic nitrogens is 4. The Labute approximate surface area is 522 Å². The van der Waals surface area contributed by atoms with Crippen LogP contribution in [0.5, 0.6) is 0 Å². The fourth-order valence-corrected chi connectivity index (χ4v) is 11.1. The molecule has 0 saturated carbocycles. The van der Waals surface area contributed by atoms with Gasteiger partial charge in [-0.15, -0.1) is 0 Å². The van der Waals surface area contributed by atoms with Gasteiger partial charge in [0.05, 0.1) is 47.6 Å². The first kappa shape index (κ1) is 62.2. The van der Waals surface area contributed by atoms with Crippen molar-refractivity contribution in [2.24, 2.45) is 0 Å². The van der Waals surface area contributed by atoms with E-state index in [9.17, 15) is 28.8 Å². The third-order valence-electron chi connectivity index (χ3n) is 15.9. The highest BCUT2D eigenvalue weighted by atomic mass is 16.2. The lowest BCUT2D eigenvalue weighted by Crippen LogP contribution is -2.48. The number of amides is 8. The van der Waals surface area contributed by atoms with Crippen molar-refractivity contribution >= 4 is 87.5 Å². The van der Waals surface area contributed by atoms with Crippen molar-refractivity contribution in [3.05, 3.63) is 221 Å². The van der Waals surface area contributed by atoms with E-state index in [4.69, 9.17) is 0 Å². The molecule has 0 spiro atoms. The van der Waals surface area contributed by atoms with Crippen molar-refractivity contribution in [3.8, 4) is 0 Å². The number of hydrogen-bond donors (Lipinski definition) is 10.